The number of hydrogen-bond acceptors (Lipinski definition) is 2. The Labute approximate surface area is 212 Å². The third-order valence-electron chi connectivity index (χ3n) is 8.19. The summed E-state index contributed by atoms with van der Waals surface area (Å²) in [6.07, 6.45) is 14.5. The van der Waals surface area contributed by atoms with Gasteiger partial charge in [0.15, 0.2) is 0 Å². The molecule has 1 heterocycles. The Bertz CT molecular complexity index is 763. The van der Waals surface area contributed by atoms with Crippen LogP contribution in [0.2, 0.25) is 0 Å². The third kappa shape index (κ3) is 8.49. The van der Waals surface area contributed by atoms with Crippen molar-refractivity contribution in [2.45, 2.75) is 152 Å². The molecule has 2 nitrogen and oxygen atoms in total. The maximum Gasteiger partial charge on any atom is 0.127 e. The first-order chi connectivity index (χ1) is 15.9. The summed E-state index contributed by atoms with van der Waals surface area (Å²) in [4.78, 5) is 0. The van der Waals surface area contributed by atoms with E-state index in [4.69, 9.17) is 9.47 Å². The lowest BCUT2D eigenvalue weighted by Crippen LogP contribution is -2.37. The molecule has 1 aromatic carbocycles. The molecule has 1 aliphatic heterocycles. The van der Waals surface area contributed by atoms with E-state index >= 15 is 0 Å². The van der Waals surface area contributed by atoms with E-state index in [9.17, 15) is 0 Å². The Morgan fingerprint density at radius 2 is 1.32 bits per heavy atom. The fraction of sp³-hybridized carbons (Fsp3) is 0.812. The van der Waals surface area contributed by atoms with Gasteiger partial charge in [0, 0.05) is 5.56 Å². The van der Waals surface area contributed by atoms with Crippen LogP contribution in [0.4, 0.5) is 0 Å². The first kappa shape index (κ1) is 29.1. The van der Waals surface area contributed by atoms with Crippen LogP contribution in [0.15, 0.2) is 0 Å². The van der Waals surface area contributed by atoms with E-state index in [1.54, 1.807) is 0 Å². The van der Waals surface area contributed by atoms with Crippen LogP contribution in [0.1, 0.15) is 135 Å². The van der Waals surface area contributed by atoms with Gasteiger partial charge in [0.1, 0.15) is 17.1 Å². The number of hydrogen-bond donors (Lipinski definition) is 0. The Hall–Kier alpha value is -1.18. The molecule has 3 atom stereocenters. The first-order valence-corrected chi connectivity index (χ1v) is 14.4. The van der Waals surface area contributed by atoms with E-state index < -0.39 is 0 Å². The Balaban J connectivity index is 1.82. The van der Waals surface area contributed by atoms with Gasteiger partial charge in [-0.15, -0.1) is 0 Å². The van der Waals surface area contributed by atoms with E-state index in [1.807, 2.05) is 0 Å². The smallest absolute Gasteiger partial charge is 0.127 e. The van der Waals surface area contributed by atoms with Crippen molar-refractivity contribution in [2.24, 2.45) is 17.8 Å². The average Bonchev–Trinajstić information content (AvgIpc) is 2.74. The predicted octanol–water partition coefficient (Wildman–Crippen LogP) is 9.92. The summed E-state index contributed by atoms with van der Waals surface area (Å²) < 4.78 is 13.0. The number of fused-ring (bicyclic) bond motifs is 1. The van der Waals surface area contributed by atoms with Crippen molar-refractivity contribution in [3.63, 3.8) is 0 Å². The van der Waals surface area contributed by atoms with Gasteiger partial charge in [0.25, 0.3) is 0 Å². The van der Waals surface area contributed by atoms with Crippen molar-refractivity contribution < 1.29 is 9.47 Å². The van der Waals surface area contributed by atoms with E-state index in [-0.39, 0.29) is 11.7 Å². The molecule has 34 heavy (non-hydrogen) atoms. The minimum absolute atomic E-state index is 0.0400. The second kappa shape index (κ2) is 13.2. The normalized spacial score (nSPS) is 19.8. The quantitative estimate of drug-likeness (QED) is 0.268. The zero-order valence-electron chi connectivity index (χ0n) is 24.4. The van der Waals surface area contributed by atoms with Gasteiger partial charge in [-0.25, -0.2) is 0 Å². The van der Waals surface area contributed by atoms with Gasteiger partial charge >= 0.3 is 0 Å². The molecule has 196 valence electrons. The molecule has 0 amide bonds. The maximum absolute atomic E-state index is 6.76. The Morgan fingerprint density at radius 1 is 0.765 bits per heavy atom. The van der Waals surface area contributed by atoms with Crippen molar-refractivity contribution >= 4 is 0 Å². The fourth-order valence-electron chi connectivity index (χ4n) is 5.67. The highest BCUT2D eigenvalue weighted by atomic mass is 16.5. The van der Waals surface area contributed by atoms with Crippen molar-refractivity contribution in [3.8, 4) is 11.5 Å². The highest BCUT2D eigenvalue weighted by Crippen LogP contribution is 2.45. The van der Waals surface area contributed by atoms with Crippen LogP contribution in [-0.2, 0) is 6.42 Å². The second-order valence-corrected chi connectivity index (χ2v) is 12.6. The van der Waals surface area contributed by atoms with E-state index in [2.05, 4.69) is 69.2 Å². The number of rotatable bonds is 14. The lowest BCUT2D eigenvalue weighted by molar-refractivity contribution is 0.0510. The molecular weight excluding hydrogens is 416 g/mol. The summed E-state index contributed by atoms with van der Waals surface area (Å²) >= 11 is 0. The predicted molar refractivity (Wildman–Crippen MR) is 148 cm³/mol. The maximum atomic E-state index is 6.76. The first-order valence-electron chi connectivity index (χ1n) is 14.4. The van der Waals surface area contributed by atoms with Crippen LogP contribution < -0.4 is 9.47 Å². The molecule has 0 saturated heterocycles. The molecule has 1 aliphatic rings. The molecule has 0 N–H and O–H groups in total. The Kier molecular flexibility index (Phi) is 11.3. The summed E-state index contributed by atoms with van der Waals surface area (Å²) in [7, 11) is 0. The molecule has 1 aromatic rings. The highest BCUT2D eigenvalue weighted by Gasteiger charge is 2.34. The molecule has 0 spiro atoms. The van der Waals surface area contributed by atoms with Gasteiger partial charge in [-0.1, -0.05) is 72.6 Å². The summed E-state index contributed by atoms with van der Waals surface area (Å²) in [5.74, 6) is 4.77. The van der Waals surface area contributed by atoms with E-state index in [0.29, 0.717) is 0 Å². The summed E-state index contributed by atoms with van der Waals surface area (Å²) in [5.41, 5.74) is 5.11. The number of ether oxygens (including phenoxy) is 2. The molecule has 0 aromatic heterocycles. The molecular formula is C32H56O2. The average molecular weight is 473 g/mol. The van der Waals surface area contributed by atoms with Crippen molar-refractivity contribution in [3.05, 3.63) is 22.3 Å². The SMILES string of the molecule is Cc1c(C)c2c(c(C)c1OC(C)C)CCC(C)(CCCC(C)CCCC(C)CCCC(C)C)O2. The molecule has 0 bridgehead atoms. The molecule has 2 heteroatoms. The van der Waals surface area contributed by atoms with Crippen LogP contribution in [0, 0.1) is 38.5 Å². The van der Waals surface area contributed by atoms with Gasteiger partial charge in [0.05, 0.1) is 6.10 Å². The van der Waals surface area contributed by atoms with Gasteiger partial charge in [-0.3, -0.25) is 0 Å². The Morgan fingerprint density at radius 3 is 1.88 bits per heavy atom. The molecule has 0 saturated carbocycles. The second-order valence-electron chi connectivity index (χ2n) is 12.6. The van der Waals surface area contributed by atoms with E-state index in [0.717, 1.165) is 48.5 Å². The van der Waals surface area contributed by atoms with Crippen LogP contribution >= 0.6 is 0 Å². The van der Waals surface area contributed by atoms with Crippen LogP contribution in [0.3, 0.4) is 0 Å². The fourth-order valence-corrected chi connectivity index (χ4v) is 5.67. The van der Waals surface area contributed by atoms with Gasteiger partial charge in [-0.2, -0.15) is 0 Å². The molecule has 2 rings (SSSR count). The summed E-state index contributed by atoms with van der Waals surface area (Å²) in [6.45, 7) is 22.7. The largest absolute Gasteiger partial charge is 0.490 e. The van der Waals surface area contributed by atoms with E-state index in [1.165, 1.54) is 73.6 Å². The molecule has 3 unspecified atom stereocenters. The monoisotopic (exact) mass is 472 g/mol. The van der Waals surface area contributed by atoms with Gasteiger partial charge < -0.3 is 9.47 Å². The highest BCUT2D eigenvalue weighted by molar-refractivity contribution is 5.59. The van der Waals surface area contributed by atoms with Gasteiger partial charge in [-0.05, 0) is 102 Å². The van der Waals surface area contributed by atoms with Crippen molar-refractivity contribution in [2.75, 3.05) is 0 Å². The van der Waals surface area contributed by atoms with Crippen LogP contribution in [-0.4, -0.2) is 11.7 Å². The van der Waals surface area contributed by atoms with Crippen molar-refractivity contribution in [1.82, 2.24) is 0 Å². The van der Waals surface area contributed by atoms with Gasteiger partial charge in [0.2, 0.25) is 0 Å². The zero-order valence-corrected chi connectivity index (χ0v) is 24.4. The lowest BCUT2D eigenvalue weighted by Gasteiger charge is -2.38. The zero-order chi connectivity index (χ0) is 25.5. The lowest BCUT2D eigenvalue weighted by atomic mass is 9.83. The van der Waals surface area contributed by atoms with Crippen LogP contribution in [0.25, 0.3) is 0 Å². The minimum atomic E-state index is -0.0400. The van der Waals surface area contributed by atoms with Crippen molar-refractivity contribution in [1.29, 1.82) is 0 Å². The summed E-state index contributed by atoms with van der Waals surface area (Å²) in [6, 6.07) is 0. The molecule has 0 fully saturated rings. The topological polar surface area (TPSA) is 18.5 Å². The number of benzene rings is 1. The molecule has 0 aliphatic carbocycles. The summed E-state index contributed by atoms with van der Waals surface area (Å²) in [5, 5.41) is 0. The van der Waals surface area contributed by atoms with Crippen LogP contribution in [0.5, 0.6) is 11.5 Å². The third-order valence-corrected chi connectivity index (χ3v) is 8.19. The minimum Gasteiger partial charge on any atom is -0.490 e. The standard InChI is InChI=1S/C32H56O2/c1-22(2)14-11-15-24(5)16-12-17-25(6)18-13-20-32(10)21-19-29-28(9)30(33-23(3)4)26(7)27(8)31(29)34-32/h22-25H,11-21H2,1-10H3. The molecule has 0 radical (unpaired) electrons.